The highest BCUT2D eigenvalue weighted by Crippen LogP contribution is 2.25. The van der Waals surface area contributed by atoms with Crippen molar-refractivity contribution in [1.29, 1.82) is 0 Å². The lowest BCUT2D eigenvalue weighted by molar-refractivity contribution is -0.384. The Balaban J connectivity index is 0.00000180. The van der Waals surface area contributed by atoms with Crippen molar-refractivity contribution in [1.82, 2.24) is 4.90 Å². The van der Waals surface area contributed by atoms with Crippen molar-refractivity contribution in [2.24, 2.45) is 11.7 Å². The molecule has 1 heterocycles. The molecule has 0 aromatic heterocycles. The van der Waals surface area contributed by atoms with Gasteiger partial charge < -0.3 is 5.73 Å². The van der Waals surface area contributed by atoms with Crippen molar-refractivity contribution < 1.29 is 4.92 Å². The number of nitrogens with two attached hydrogens (primary N) is 1. The average molecular weight is 306 g/mol. The van der Waals surface area contributed by atoms with E-state index >= 15 is 0 Å². The normalized spacial score (nSPS) is 19.2. The molecular formula is C12H17Cl2N3O2. The van der Waals surface area contributed by atoms with E-state index in [4.69, 9.17) is 17.3 Å². The van der Waals surface area contributed by atoms with E-state index in [1.165, 1.54) is 12.1 Å². The van der Waals surface area contributed by atoms with Crippen LogP contribution >= 0.6 is 24.0 Å². The fourth-order valence-corrected chi connectivity index (χ4v) is 2.50. The summed E-state index contributed by atoms with van der Waals surface area (Å²) in [5, 5.41) is 11.1. The van der Waals surface area contributed by atoms with Crippen molar-refractivity contribution in [2.45, 2.75) is 13.0 Å². The lowest BCUT2D eigenvalue weighted by Gasteiger charge is -2.16. The summed E-state index contributed by atoms with van der Waals surface area (Å²) in [6.45, 7) is 3.43. The summed E-state index contributed by atoms with van der Waals surface area (Å²) in [6.07, 6.45) is 1.11. The first-order valence-electron chi connectivity index (χ1n) is 5.95. The van der Waals surface area contributed by atoms with E-state index in [1.807, 2.05) is 0 Å². The predicted octanol–water partition coefficient (Wildman–Crippen LogP) is 2.45. The van der Waals surface area contributed by atoms with Crippen LogP contribution in [0.15, 0.2) is 18.2 Å². The van der Waals surface area contributed by atoms with Gasteiger partial charge >= 0.3 is 0 Å². The second-order valence-electron chi connectivity index (χ2n) is 4.66. The predicted molar refractivity (Wildman–Crippen MR) is 77.8 cm³/mol. The summed E-state index contributed by atoms with van der Waals surface area (Å²) in [5.74, 6) is 0.557. The second kappa shape index (κ2) is 7.05. The molecule has 1 unspecified atom stereocenters. The first kappa shape index (κ1) is 16.2. The van der Waals surface area contributed by atoms with Crippen LogP contribution in [0.2, 0.25) is 5.02 Å². The van der Waals surface area contributed by atoms with Gasteiger partial charge in [-0.2, -0.15) is 0 Å². The highest BCUT2D eigenvalue weighted by Gasteiger charge is 2.22. The van der Waals surface area contributed by atoms with E-state index in [1.54, 1.807) is 6.07 Å². The third-order valence-electron chi connectivity index (χ3n) is 3.34. The Morgan fingerprint density at radius 3 is 2.79 bits per heavy atom. The average Bonchev–Trinajstić information content (AvgIpc) is 2.79. The maximum absolute atomic E-state index is 10.6. The number of likely N-dealkylation sites (tertiary alicyclic amines) is 1. The highest BCUT2D eigenvalue weighted by molar-refractivity contribution is 6.31. The number of non-ortho nitro benzene ring substituents is 1. The zero-order chi connectivity index (χ0) is 13.1. The molecule has 106 valence electrons. The molecule has 0 bridgehead atoms. The summed E-state index contributed by atoms with van der Waals surface area (Å²) >= 11 is 6.07. The monoisotopic (exact) mass is 305 g/mol. The minimum atomic E-state index is -0.435. The first-order chi connectivity index (χ1) is 8.60. The summed E-state index contributed by atoms with van der Waals surface area (Å²) in [6, 6.07) is 4.64. The highest BCUT2D eigenvalue weighted by atomic mass is 35.5. The van der Waals surface area contributed by atoms with Crippen molar-refractivity contribution in [3.63, 3.8) is 0 Å². The quantitative estimate of drug-likeness (QED) is 0.685. The molecule has 1 aliphatic heterocycles. The van der Waals surface area contributed by atoms with Gasteiger partial charge in [0.25, 0.3) is 5.69 Å². The van der Waals surface area contributed by atoms with Gasteiger partial charge in [0.15, 0.2) is 0 Å². The van der Waals surface area contributed by atoms with Gasteiger partial charge in [-0.15, -0.1) is 12.4 Å². The third kappa shape index (κ3) is 4.04. The van der Waals surface area contributed by atoms with Gasteiger partial charge in [-0.3, -0.25) is 15.0 Å². The molecule has 0 amide bonds. The molecule has 2 N–H and O–H groups in total. The largest absolute Gasteiger partial charge is 0.330 e. The van der Waals surface area contributed by atoms with Crippen molar-refractivity contribution in [3.8, 4) is 0 Å². The molecular weight excluding hydrogens is 289 g/mol. The van der Waals surface area contributed by atoms with Gasteiger partial charge in [0.05, 0.1) is 9.95 Å². The van der Waals surface area contributed by atoms with Crippen molar-refractivity contribution in [3.05, 3.63) is 38.9 Å². The number of nitrogens with zero attached hydrogens (tertiary/aromatic N) is 2. The molecule has 2 rings (SSSR count). The number of hydrogen-bond donors (Lipinski definition) is 1. The van der Waals surface area contributed by atoms with Crippen LogP contribution in [0.3, 0.4) is 0 Å². The van der Waals surface area contributed by atoms with E-state index in [0.29, 0.717) is 17.5 Å². The third-order valence-corrected chi connectivity index (χ3v) is 3.70. The van der Waals surface area contributed by atoms with Crippen LogP contribution in [0.4, 0.5) is 5.69 Å². The molecule has 1 fully saturated rings. The molecule has 5 nitrogen and oxygen atoms in total. The van der Waals surface area contributed by atoms with Crippen molar-refractivity contribution in [2.75, 3.05) is 19.6 Å². The molecule has 0 aliphatic carbocycles. The van der Waals surface area contributed by atoms with Crippen molar-refractivity contribution >= 4 is 29.7 Å². The van der Waals surface area contributed by atoms with Crippen LogP contribution in [-0.4, -0.2) is 29.5 Å². The van der Waals surface area contributed by atoms with E-state index in [2.05, 4.69) is 4.90 Å². The molecule has 0 spiro atoms. The fourth-order valence-electron chi connectivity index (χ4n) is 2.27. The Morgan fingerprint density at radius 2 is 2.26 bits per heavy atom. The van der Waals surface area contributed by atoms with Gasteiger partial charge in [0.2, 0.25) is 0 Å². The number of nitro benzene ring substituents is 1. The van der Waals surface area contributed by atoms with Gasteiger partial charge in [0.1, 0.15) is 0 Å². The first-order valence-corrected chi connectivity index (χ1v) is 6.33. The topological polar surface area (TPSA) is 72.4 Å². The summed E-state index contributed by atoms with van der Waals surface area (Å²) in [5.41, 5.74) is 6.61. The summed E-state index contributed by atoms with van der Waals surface area (Å²) < 4.78 is 0. The van der Waals surface area contributed by atoms with E-state index in [9.17, 15) is 10.1 Å². The molecule has 7 heteroatoms. The van der Waals surface area contributed by atoms with Gasteiger partial charge in [-0.25, -0.2) is 0 Å². The van der Waals surface area contributed by atoms with Gasteiger partial charge in [-0.1, -0.05) is 11.6 Å². The SMILES string of the molecule is Cl.NCC1CCN(Cc2ccc([N+](=O)[O-])cc2Cl)C1. The van der Waals surface area contributed by atoms with Crippen LogP contribution in [-0.2, 0) is 6.54 Å². The van der Waals surface area contributed by atoms with Gasteiger partial charge in [0, 0.05) is 25.2 Å². The van der Waals surface area contributed by atoms with Crippen LogP contribution in [0.25, 0.3) is 0 Å². The lowest BCUT2D eigenvalue weighted by atomic mass is 10.1. The smallest absolute Gasteiger partial charge is 0.270 e. The number of benzene rings is 1. The molecule has 1 aromatic rings. The lowest BCUT2D eigenvalue weighted by Crippen LogP contribution is -2.22. The van der Waals surface area contributed by atoms with Gasteiger partial charge in [-0.05, 0) is 37.1 Å². The second-order valence-corrected chi connectivity index (χ2v) is 5.07. The number of hydrogen-bond acceptors (Lipinski definition) is 4. The minimum Gasteiger partial charge on any atom is -0.330 e. The van der Waals surface area contributed by atoms with Crippen LogP contribution < -0.4 is 5.73 Å². The maximum Gasteiger partial charge on any atom is 0.270 e. The molecule has 1 aliphatic rings. The Kier molecular flexibility index (Phi) is 6.00. The minimum absolute atomic E-state index is 0. The molecule has 1 aromatic carbocycles. The fraction of sp³-hybridized carbons (Fsp3) is 0.500. The number of rotatable bonds is 4. The Hall–Kier alpha value is -0.880. The Bertz CT molecular complexity index is 457. The number of halogens is 2. The van der Waals surface area contributed by atoms with E-state index in [-0.39, 0.29) is 18.1 Å². The van der Waals surface area contributed by atoms with Crippen LogP contribution in [0.1, 0.15) is 12.0 Å². The molecule has 1 atom stereocenters. The molecule has 0 saturated carbocycles. The maximum atomic E-state index is 10.6. The number of nitro groups is 1. The summed E-state index contributed by atoms with van der Waals surface area (Å²) in [7, 11) is 0. The summed E-state index contributed by atoms with van der Waals surface area (Å²) in [4.78, 5) is 12.5. The standard InChI is InChI=1S/C12H16ClN3O2.ClH/c13-12-5-11(16(17)18)2-1-10(12)8-15-4-3-9(6-14)7-15;/h1-2,5,9H,3-4,6-8,14H2;1H. The van der Waals surface area contributed by atoms with Crippen LogP contribution in [0, 0.1) is 16.0 Å². The molecule has 0 radical (unpaired) electrons. The Morgan fingerprint density at radius 1 is 1.53 bits per heavy atom. The molecule has 19 heavy (non-hydrogen) atoms. The zero-order valence-electron chi connectivity index (χ0n) is 10.4. The molecule has 1 saturated heterocycles. The van der Waals surface area contributed by atoms with E-state index in [0.717, 1.165) is 31.6 Å². The van der Waals surface area contributed by atoms with E-state index < -0.39 is 4.92 Å². The van der Waals surface area contributed by atoms with Crippen LogP contribution in [0.5, 0.6) is 0 Å². The Labute approximate surface area is 123 Å². The zero-order valence-corrected chi connectivity index (χ0v) is 12.0.